The fourth-order valence-electron chi connectivity index (χ4n) is 2.02. The van der Waals surface area contributed by atoms with Crippen molar-refractivity contribution in [2.75, 3.05) is 0 Å². The molecule has 3 nitrogen and oxygen atoms in total. The van der Waals surface area contributed by atoms with Crippen molar-refractivity contribution < 1.29 is 8.42 Å². The third kappa shape index (κ3) is 2.91. The van der Waals surface area contributed by atoms with Crippen LogP contribution in [-0.2, 0) is 9.84 Å². The predicted octanol–water partition coefficient (Wildman–Crippen LogP) is 3.10. The molecule has 0 N–H and O–H groups in total. The van der Waals surface area contributed by atoms with E-state index in [1.165, 1.54) is 0 Å². The van der Waals surface area contributed by atoms with Crippen molar-refractivity contribution in [3.8, 4) is 6.07 Å². The van der Waals surface area contributed by atoms with Crippen molar-refractivity contribution >= 4 is 9.84 Å². The number of nitriles is 1. The highest BCUT2D eigenvalue weighted by atomic mass is 32.2. The third-order valence-electron chi connectivity index (χ3n) is 3.29. The van der Waals surface area contributed by atoms with Crippen LogP contribution < -0.4 is 0 Å². The lowest BCUT2D eigenvalue weighted by Gasteiger charge is -2.19. The van der Waals surface area contributed by atoms with E-state index < -0.39 is 15.1 Å². The number of sulfone groups is 1. The largest absolute Gasteiger partial charge is 0.222 e. The summed E-state index contributed by atoms with van der Waals surface area (Å²) < 4.78 is 24.8. The van der Waals surface area contributed by atoms with Crippen LogP contribution in [0.4, 0.5) is 0 Å². The van der Waals surface area contributed by atoms with E-state index in [1.54, 1.807) is 24.3 Å². The molecular formula is C14H19NO2S. The second-order valence-corrected chi connectivity index (χ2v) is 6.55. The van der Waals surface area contributed by atoms with E-state index in [2.05, 4.69) is 0 Å². The van der Waals surface area contributed by atoms with Crippen LogP contribution in [0.2, 0.25) is 0 Å². The molecule has 0 bridgehead atoms. The minimum atomic E-state index is -3.55. The van der Waals surface area contributed by atoms with Crippen LogP contribution in [0.1, 0.15) is 32.3 Å². The molecule has 0 aliphatic carbocycles. The zero-order valence-electron chi connectivity index (χ0n) is 11.1. The van der Waals surface area contributed by atoms with Crippen molar-refractivity contribution in [3.05, 3.63) is 29.8 Å². The number of hydrogen-bond acceptors (Lipinski definition) is 3. The molecule has 0 radical (unpaired) electrons. The summed E-state index contributed by atoms with van der Waals surface area (Å²) in [6, 6.07) is 8.65. The Bertz CT molecular complexity index is 522. The summed E-state index contributed by atoms with van der Waals surface area (Å²) in [5.41, 5.74) is 1.00. The molecular weight excluding hydrogens is 246 g/mol. The zero-order valence-corrected chi connectivity index (χ0v) is 11.9. The van der Waals surface area contributed by atoms with Crippen LogP contribution in [-0.4, -0.2) is 13.7 Å². The van der Waals surface area contributed by atoms with Crippen LogP contribution in [0.5, 0.6) is 0 Å². The number of rotatable bonds is 5. The first kappa shape index (κ1) is 14.7. The Morgan fingerprint density at radius 1 is 1.17 bits per heavy atom. The Balaban J connectivity index is 3.19. The van der Waals surface area contributed by atoms with Gasteiger partial charge in [-0.15, -0.1) is 0 Å². The van der Waals surface area contributed by atoms with Crippen molar-refractivity contribution in [1.82, 2.24) is 0 Å². The second kappa shape index (κ2) is 6.01. The van der Waals surface area contributed by atoms with Crippen molar-refractivity contribution in [2.24, 2.45) is 5.92 Å². The van der Waals surface area contributed by atoms with E-state index in [9.17, 15) is 13.7 Å². The quantitative estimate of drug-likeness (QED) is 0.822. The normalized spacial score (nSPS) is 13.3. The van der Waals surface area contributed by atoms with Crippen molar-refractivity contribution in [3.63, 3.8) is 0 Å². The molecule has 0 aliphatic heterocycles. The smallest absolute Gasteiger partial charge is 0.194 e. The molecule has 1 atom stereocenters. The molecule has 0 fully saturated rings. The van der Waals surface area contributed by atoms with Crippen LogP contribution in [0.15, 0.2) is 29.2 Å². The molecule has 1 unspecified atom stereocenters. The van der Waals surface area contributed by atoms with Crippen molar-refractivity contribution in [1.29, 1.82) is 5.26 Å². The zero-order chi connectivity index (χ0) is 13.8. The molecule has 0 heterocycles. The summed E-state index contributed by atoms with van der Waals surface area (Å²) in [5, 5.41) is 8.23. The molecule has 0 saturated carbocycles. The molecule has 0 amide bonds. The topological polar surface area (TPSA) is 57.9 Å². The fraction of sp³-hybridized carbons (Fsp3) is 0.500. The third-order valence-corrected chi connectivity index (χ3v) is 5.38. The van der Waals surface area contributed by atoms with E-state index >= 15 is 0 Å². The lowest BCUT2D eigenvalue weighted by Crippen LogP contribution is -2.28. The summed E-state index contributed by atoms with van der Waals surface area (Å²) in [6.45, 7) is 5.74. The Morgan fingerprint density at radius 2 is 1.67 bits per heavy atom. The van der Waals surface area contributed by atoms with E-state index in [0.717, 1.165) is 5.56 Å². The molecule has 0 aromatic heterocycles. The SMILES string of the molecule is CCC(CC)C(C#N)S(=O)(=O)c1ccc(C)cc1. The van der Waals surface area contributed by atoms with Gasteiger partial charge in [0, 0.05) is 0 Å². The van der Waals surface area contributed by atoms with Gasteiger partial charge in [0.1, 0.15) is 0 Å². The first-order chi connectivity index (χ1) is 8.47. The second-order valence-electron chi connectivity index (χ2n) is 4.48. The molecule has 1 aromatic carbocycles. The average Bonchev–Trinajstić information content (AvgIpc) is 2.35. The van der Waals surface area contributed by atoms with E-state index in [-0.39, 0.29) is 10.8 Å². The van der Waals surface area contributed by atoms with Gasteiger partial charge in [0.05, 0.1) is 11.0 Å². The highest BCUT2D eigenvalue weighted by Gasteiger charge is 2.32. The van der Waals surface area contributed by atoms with Crippen LogP contribution in [0, 0.1) is 24.2 Å². The molecule has 0 aliphatic rings. The highest BCUT2D eigenvalue weighted by molar-refractivity contribution is 7.92. The minimum absolute atomic E-state index is 0.110. The van der Waals surface area contributed by atoms with Gasteiger partial charge in [-0.3, -0.25) is 0 Å². The average molecular weight is 265 g/mol. The Hall–Kier alpha value is -1.34. The minimum Gasteiger partial charge on any atom is -0.222 e. The maximum atomic E-state index is 12.4. The predicted molar refractivity (Wildman–Crippen MR) is 71.8 cm³/mol. The summed E-state index contributed by atoms with van der Waals surface area (Å²) in [5.74, 6) is -0.110. The fourth-order valence-corrected chi connectivity index (χ4v) is 3.86. The van der Waals surface area contributed by atoms with E-state index in [1.807, 2.05) is 26.8 Å². The summed E-state index contributed by atoms with van der Waals surface area (Å²) >= 11 is 0. The molecule has 1 rings (SSSR count). The number of hydrogen-bond donors (Lipinski definition) is 0. The standard InChI is InChI=1S/C14H19NO2S/c1-4-12(5-2)14(10-15)18(16,17)13-8-6-11(3)7-9-13/h6-9,12,14H,4-5H2,1-3H3. The van der Waals surface area contributed by atoms with Gasteiger partial charge in [-0.2, -0.15) is 5.26 Å². The lowest BCUT2D eigenvalue weighted by atomic mass is 10.0. The first-order valence-electron chi connectivity index (χ1n) is 6.17. The number of nitrogens with zero attached hydrogens (tertiary/aromatic N) is 1. The summed E-state index contributed by atoms with van der Waals surface area (Å²) in [6.07, 6.45) is 1.39. The van der Waals surface area contributed by atoms with Crippen LogP contribution in [0.25, 0.3) is 0 Å². The summed E-state index contributed by atoms with van der Waals surface area (Å²) in [7, 11) is -3.55. The Kier molecular flexibility index (Phi) is 4.92. The maximum Gasteiger partial charge on any atom is 0.194 e. The van der Waals surface area contributed by atoms with Gasteiger partial charge in [-0.25, -0.2) is 8.42 Å². The Morgan fingerprint density at radius 3 is 2.06 bits per heavy atom. The lowest BCUT2D eigenvalue weighted by molar-refractivity contribution is 0.486. The molecule has 98 valence electrons. The molecule has 0 spiro atoms. The first-order valence-corrected chi connectivity index (χ1v) is 7.72. The monoisotopic (exact) mass is 265 g/mol. The van der Waals surface area contributed by atoms with E-state index in [4.69, 9.17) is 0 Å². The van der Waals surface area contributed by atoms with Gasteiger partial charge in [-0.05, 0) is 25.0 Å². The van der Waals surface area contributed by atoms with Crippen LogP contribution >= 0.6 is 0 Å². The molecule has 18 heavy (non-hydrogen) atoms. The van der Waals surface area contributed by atoms with Gasteiger partial charge < -0.3 is 0 Å². The van der Waals surface area contributed by atoms with Gasteiger partial charge in [0.25, 0.3) is 0 Å². The van der Waals surface area contributed by atoms with Gasteiger partial charge in [-0.1, -0.05) is 44.4 Å². The van der Waals surface area contributed by atoms with Gasteiger partial charge in [0.2, 0.25) is 0 Å². The van der Waals surface area contributed by atoms with Gasteiger partial charge >= 0.3 is 0 Å². The highest BCUT2D eigenvalue weighted by Crippen LogP contribution is 2.25. The van der Waals surface area contributed by atoms with E-state index in [0.29, 0.717) is 12.8 Å². The van der Waals surface area contributed by atoms with Gasteiger partial charge in [0.15, 0.2) is 15.1 Å². The maximum absolute atomic E-state index is 12.4. The number of aryl methyl sites for hydroxylation is 1. The van der Waals surface area contributed by atoms with Crippen molar-refractivity contribution in [2.45, 2.75) is 43.8 Å². The molecule has 4 heteroatoms. The Labute approximate surface area is 109 Å². The molecule has 1 aromatic rings. The summed E-state index contributed by atoms with van der Waals surface area (Å²) in [4.78, 5) is 0.242. The number of benzene rings is 1. The van der Waals surface area contributed by atoms with Crippen LogP contribution in [0.3, 0.4) is 0 Å². The molecule has 0 saturated heterocycles.